The molecule has 1 unspecified atom stereocenters. The minimum atomic E-state index is -1.44. The number of hydrogen-bond acceptors (Lipinski definition) is 3. The first-order valence-corrected chi connectivity index (χ1v) is 6.76. The lowest BCUT2D eigenvalue weighted by Crippen LogP contribution is -2.23. The number of likely N-dealkylation sites (N-methyl/N-ethyl adjacent to an activating group) is 1. The maximum absolute atomic E-state index is 13.3. The highest BCUT2D eigenvalue weighted by Gasteiger charge is 2.18. The SMILES string of the molecule is CCNC(Cc1nccs1)c1cc(F)c(F)c(F)c1. The minimum Gasteiger partial charge on any atom is -0.310 e. The van der Waals surface area contributed by atoms with Gasteiger partial charge in [0.1, 0.15) is 0 Å². The van der Waals surface area contributed by atoms with Gasteiger partial charge in [0.15, 0.2) is 17.5 Å². The molecule has 102 valence electrons. The van der Waals surface area contributed by atoms with Gasteiger partial charge in [-0.2, -0.15) is 0 Å². The highest BCUT2D eigenvalue weighted by molar-refractivity contribution is 7.09. The van der Waals surface area contributed by atoms with Crippen molar-refractivity contribution in [1.29, 1.82) is 0 Å². The Kier molecular flexibility index (Phi) is 4.55. The van der Waals surface area contributed by atoms with Crippen molar-refractivity contribution in [1.82, 2.24) is 10.3 Å². The summed E-state index contributed by atoms with van der Waals surface area (Å²) in [5, 5.41) is 5.82. The number of rotatable bonds is 5. The molecule has 1 N–H and O–H groups in total. The lowest BCUT2D eigenvalue weighted by Gasteiger charge is -2.17. The number of benzene rings is 1. The van der Waals surface area contributed by atoms with Crippen molar-refractivity contribution in [2.45, 2.75) is 19.4 Å². The number of nitrogens with one attached hydrogen (secondary N) is 1. The van der Waals surface area contributed by atoms with Gasteiger partial charge in [0, 0.05) is 24.0 Å². The van der Waals surface area contributed by atoms with E-state index in [0.29, 0.717) is 18.5 Å². The Hall–Kier alpha value is -1.40. The number of hydrogen-bond donors (Lipinski definition) is 1. The molecule has 1 aromatic carbocycles. The van der Waals surface area contributed by atoms with Crippen LogP contribution in [0.15, 0.2) is 23.7 Å². The molecule has 6 heteroatoms. The summed E-state index contributed by atoms with van der Waals surface area (Å²) >= 11 is 1.47. The monoisotopic (exact) mass is 286 g/mol. The fraction of sp³-hybridized carbons (Fsp3) is 0.308. The summed E-state index contributed by atoms with van der Waals surface area (Å²) in [5.41, 5.74) is 0.383. The van der Waals surface area contributed by atoms with Crippen LogP contribution in [0, 0.1) is 17.5 Å². The topological polar surface area (TPSA) is 24.9 Å². The van der Waals surface area contributed by atoms with Crippen LogP contribution >= 0.6 is 11.3 Å². The molecule has 0 radical (unpaired) electrons. The lowest BCUT2D eigenvalue weighted by atomic mass is 10.0. The second kappa shape index (κ2) is 6.16. The van der Waals surface area contributed by atoms with E-state index in [1.165, 1.54) is 11.3 Å². The third kappa shape index (κ3) is 3.33. The van der Waals surface area contributed by atoms with Crippen LogP contribution in [0.3, 0.4) is 0 Å². The van der Waals surface area contributed by atoms with E-state index in [4.69, 9.17) is 0 Å². The molecule has 0 fully saturated rings. The second-order valence-electron chi connectivity index (χ2n) is 4.04. The summed E-state index contributed by atoms with van der Waals surface area (Å²) in [6.45, 7) is 2.53. The van der Waals surface area contributed by atoms with Crippen LogP contribution in [0.4, 0.5) is 13.2 Å². The number of thiazole rings is 1. The van der Waals surface area contributed by atoms with Gasteiger partial charge in [-0.25, -0.2) is 18.2 Å². The first kappa shape index (κ1) is 14.0. The lowest BCUT2D eigenvalue weighted by molar-refractivity contribution is 0.439. The average Bonchev–Trinajstić information content (AvgIpc) is 2.88. The molecule has 0 amide bonds. The molecular weight excluding hydrogens is 273 g/mol. The number of nitrogens with zero attached hydrogens (tertiary/aromatic N) is 1. The fourth-order valence-electron chi connectivity index (χ4n) is 1.86. The van der Waals surface area contributed by atoms with Gasteiger partial charge in [-0.3, -0.25) is 0 Å². The molecule has 0 saturated heterocycles. The summed E-state index contributed by atoms with van der Waals surface area (Å²) in [7, 11) is 0. The van der Waals surface area contributed by atoms with Gasteiger partial charge >= 0.3 is 0 Å². The number of halogens is 3. The first-order chi connectivity index (χ1) is 9.11. The molecule has 0 aliphatic carbocycles. The Labute approximate surface area is 113 Å². The molecule has 1 aromatic heterocycles. The zero-order valence-electron chi connectivity index (χ0n) is 10.3. The quantitative estimate of drug-likeness (QED) is 0.852. The van der Waals surface area contributed by atoms with Gasteiger partial charge in [0.05, 0.1) is 5.01 Å². The summed E-state index contributed by atoms with van der Waals surface area (Å²) in [6, 6.07) is 1.76. The first-order valence-electron chi connectivity index (χ1n) is 5.88. The van der Waals surface area contributed by atoms with Crippen molar-refractivity contribution >= 4 is 11.3 Å². The zero-order valence-corrected chi connectivity index (χ0v) is 11.1. The molecular formula is C13H13F3N2S. The van der Waals surface area contributed by atoms with Gasteiger partial charge in [-0.15, -0.1) is 11.3 Å². The normalized spacial score (nSPS) is 12.6. The van der Waals surface area contributed by atoms with Crippen molar-refractivity contribution in [2.75, 3.05) is 6.54 Å². The average molecular weight is 286 g/mol. The molecule has 2 aromatic rings. The summed E-state index contributed by atoms with van der Waals surface area (Å²) in [5.74, 6) is -3.78. The van der Waals surface area contributed by atoms with E-state index in [9.17, 15) is 13.2 Å². The smallest absolute Gasteiger partial charge is 0.194 e. The van der Waals surface area contributed by atoms with Crippen LogP contribution in [0.25, 0.3) is 0 Å². The van der Waals surface area contributed by atoms with E-state index in [0.717, 1.165) is 17.1 Å². The van der Waals surface area contributed by atoms with Gasteiger partial charge < -0.3 is 5.32 Å². The van der Waals surface area contributed by atoms with Crippen LogP contribution in [0.5, 0.6) is 0 Å². The highest BCUT2D eigenvalue weighted by atomic mass is 32.1. The third-order valence-electron chi connectivity index (χ3n) is 2.72. The van der Waals surface area contributed by atoms with E-state index in [1.54, 1.807) is 6.20 Å². The van der Waals surface area contributed by atoms with Crippen molar-refractivity contribution in [2.24, 2.45) is 0 Å². The van der Waals surface area contributed by atoms with Gasteiger partial charge in [0.2, 0.25) is 0 Å². The number of aromatic nitrogens is 1. The predicted molar refractivity (Wildman–Crippen MR) is 68.6 cm³/mol. The highest BCUT2D eigenvalue weighted by Crippen LogP contribution is 2.23. The molecule has 1 heterocycles. The Morgan fingerprint density at radius 2 is 1.95 bits per heavy atom. The molecule has 2 nitrogen and oxygen atoms in total. The standard InChI is InChI=1S/C13H13F3N2S/c1-2-17-11(7-12-18-3-4-19-12)8-5-9(14)13(16)10(15)6-8/h3-6,11,17H,2,7H2,1H3. The Morgan fingerprint density at radius 3 is 2.47 bits per heavy atom. The molecule has 0 aliphatic heterocycles. The molecule has 0 spiro atoms. The van der Waals surface area contributed by atoms with Crippen molar-refractivity contribution in [3.8, 4) is 0 Å². The van der Waals surface area contributed by atoms with Crippen LogP contribution < -0.4 is 5.32 Å². The van der Waals surface area contributed by atoms with Crippen molar-refractivity contribution in [3.05, 3.63) is 51.7 Å². The van der Waals surface area contributed by atoms with Crippen molar-refractivity contribution in [3.63, 3.8) is 0 Å². The van der Waals surface area contributed by atoms with E-state index in [2.05, 4.69) is 10.3 Å². The van der Waals surface area contributed by atoms with E-state index < -0.39 is 17.5 Å². The molecule has 0 saturated carbocycles. The largest absolute Gasteiger partial charge is 0.310 e. The summed E-state index contributed by atoms with van der Waals surface area (Å²) < 4.78 is 39.5. The van der Waals surface area contributed by atoms with Crippen molar-refractivity contribution < 1.29 is 13.2 Å². The molecule has 0 bridgehead atoms. The summed E-state index contributed by atoms with van der Waals surface area (Å²) in [6.07, 6.45) is 2.19. The Balaban J connectivity index is 2.28. The molecule has 2 rings (SSSR count). The summed E-state index contributed by atoms with van der Waals surface area (Å²) in [4.78, 5) is 4.14. The van der Waals surface area contributed by atoms with Crippen LogP contribution in [0.1, 0.15) is 23.5 Å². The maximum atomic E-state index is 13.3. The van der Waals surface area contributed by atoms with E-state index in [-0.39, 0.29) is 6.04 Å². The second-order valence-corrected chi connectivity index (χ2v) is 5.02. The molecule has 1 atom stereocenters. The Bertz CT molecular complexity index is 520. The van der Waals surface area contributed by atoms with E-state index >= 15 is 0 Å². The Morgan fingerprint density at radius 1 is 1.26 bits per heavy atom. The minimum absolute atomic E-state index is 0.291. The van der Waals surface area contributed by atoms with Gasteiger partial charge in [-0.1, -0.05) is 6.92 Å². The van der Waals surface area contributed by atoms with Crippen LogP contribution in [-0.4, -0.2) is 11.5 Å². The third-order valence-corrected chi connectivity index (χ3v) is 3.52. The predicted octanol–water partition coefficient (Wildman–Crippen LogP) is 3.45. The zero-order chi connectivity index (χ0) is 13.8. The molecule has 0 aliphatic rings. The maximum Gasteiger partial charge on any atom is 0.194 e. The van der Waals surface area contributed by atoms with E-state index in [1.807, 2.05) is 12.3 Å². The van der Waals surface area contributed by atoms with Gasteiger partial charge in [-0.05, 0) is 24.2 Å². The molecule has 19 heavy (non-hydrogen) atoms. The van der Waals surface area contributed by atoms with Gasteiger partial charge in [0.25, 0.3) is 0 Å². The fourth-order valence-corrected chi connectivity index (χ4v) is 2.52. The van der Waals surface area contributed by atoms with Crippen LogP contribution in [0.2, 0.25) is 0 Å². The van der Waals surface area contributed by atoms with Crippen LogP contribution in [-0.2, 0) is 6.42 Å².